The van der Waals surface area contributed by atoms with Crippen molar-refractivity contribution in [1.82, 2.24) is 4.90 Å². The number of esters is 1. The lowest BCUT2D eigenvalue weighted by Crippen LogP contribution is -2.14. The number of ether oxygens (including phenoxy) is 1. The van der Waals surface area contributed by atoms with Crippen LogP contribution in [0, 0.1) is 12.8 Å². The lowest BCUT2D eigenvalue weighted by molar-refractivity contribution is 0.0486. The fourth-order valence-electron chi connectivity index (χ4n) is 1.76. The van der Waals surface area contributed by atoms with Gasteiger partial charge in [0.15, 0.2) is 0 Å². The zero-order valence-corrected chi connectivity index (χ0v) is 13.5. The summed E-state index contributed by atoms with van der Waals surface area (Å²) in [6, 6.07) is 3.46. The van der Waals surface area contributed by atoms with Gasteiger partial charge in [0.25, 0.3) is 0 Å². The maximum atomic E-state index is 12.0. The quantitative estimate of drug-likeness (QED) is 0.456. The minimum atomic E-state index is -0.351. The molecule has 0 heterocycles. The predicted molar refractivity (Wildman–Crippen MR) is 85.7 cm³/mol. The van der Waals surface area contributed by atoms with Gasteiger partial charge < -0.3 is 9.64 Å². The zero-order chi connectivity index (χ0) is 15.4. The van der Waals surface area contributed by atoms with Crippen molar-refractivity contribution >= 4 is 29.6 Å². The van der Waals surface area contributed by atoms with Crippen molar-refractivity contribution in [2.24, 2.45) is 10.9 Å². The van der Waals surface area contributed by atoms with Crippen LogP contribution < -0.4 is 0 Å². The number of aliphatic imine (C=N–C) groups is 1. The van der Waals surface area contributed by atoms with Gasteiger partial charge in [-0.25, -0.2) is 9.79 Å². The van der Waals surface area contributed by atoms with Gasteiger partial charge in [-0.05, 0) is 50.3 Å². The van der Waals surface area contributed by atoms with E-state index in [1.165, 1.54) is 0 Å². The van der Waals surface area contributed by atoms with Gasteiger partial charge >= 0.3 is 5.97 Å². The third-order valence-corrected chi connectivity index (χ3v) is 3.86. The Kier molecular flexibility index (Phi) is 5.23. The molecule has 21 heavy (non-hydrogen) atoms. The smallest absolute Gasteiger partial charge is 0.339 e. The van der Waals surface area contributed by atoms with Crippen molar-refractivity contribution < 1.29 is 9.53 Å². The molecule has 2 rings (SSSR count). The molecule has 1 aliphatic rings. The van der Waals surface area contributed by atoms with Crippen molar-refractivity contribution in [1.29, 1.82) is 0 Å². The minimum Gasteiger partial charge on any atom is -0.462 e. The second-order valence-corrected chi connectivity index (χ2v) is 5.89. The average Bonchev–Trinajstić information content (AvgIpc) is 3.29. The molecule has 0 radical (unpaired) electrons. The number of rotatable bonds is 6. The highest BCUT2D eigenvalue weighted by Crippen LogP contribution is 2.31. The third kappa shape index (κ3) is 4.46. The standard InChI is InChI=1S/C16H21ClN2O2/c1-4-19(3)10-18-15-8-14(17)13(7-11(15)2)16(20)21-9-12-5-6-12/h7-8,10,12H,4-6,9H2,1-3H3. The lowest BCUT2D eigenvalue weighted by Gasteiger charge is -2.11. The molecule has 0 saturated heterocycles. The summed E-state index contributed by atoms with van der Waals surface area (Å²) < 4.78 is 5.27. The maximum absolute atomic E-state index is 12.0. The van der Waals surface area contributed by atoms with E-state index in [2.05, 4.69) is 4.99 Å². The second-order valence-electron chi connectivity index (χ2n) is 5.48. The van der Waals surface area contributed by atoms with Gasteiger partial charge in [0.1, 0.15) is 0 Å². The van der Waals surface area contributed by atoms with E-state index < -0.39 is 0 Å². The van der Waals surface area contributed by atoms with Gasteiger partial charge in [0, 0.05) is 13.6 Å². The topological polar surface area (TPSA) is 41.9 Å². The van der Waals surface area contributed by atoms with Crippen LogP contribution in [0.15, 0.2) is 17.1 Å². The van der Waals surface area contributed by atoms with Gasteiger partial charge in [0.2, 0.25) is 0 Å². The summed E-state index contributed by atoms with van der Waals surface area (Å²) in [4.78, 5) is 18.4. The number of carbonyl (C=O) groups excluding carboxylic acids is 1. The molecule has 114 valence electrons. The van der Waals surface area contributed by atoms with Gasteiger partial charge in [-0.1, -0.05) is 11.6 Å². The van der Waals surface area contributed by atoms with Gasteiger partial charge in [-0.15, -0.1) is 0 Å². The van der Waals surface area contributed by atoms with Crippen LogP contribution in [-0.2, 0) is 4.74 Å². The molecule has 0 aromatic heterocycles. The van der Waals surface area contributed by atoms with Crippen molar-refractivity contribution in [3.63, 3.8) is 0 Å². The Balaban J connectivity index is 2.11. The largest absolute Gasteiger partial charge is 0.462 e. The second kappa shape index (κ2) is 6.94. The summed E-state index contributed by atoms with van der Waals surface area (Å²) in [6.07, 6.45) is 4.06. The summed E-state index contributed by atoms with van der Waals surface area (Å²) in [7, 11) is 1.95. The Morgan fingerprint density at radius 2 is 2.24 bits per heavy atom. The van der Waals surface area contributed by atoms with E-state index in [1.807, 2.05) is 25.8 Å². The molecule has 5 heteroatoms. The Morgan fingerprint density at radius 1 is 1.52 bits per heavy atom. The van der Waals surface area contributed by atoms with Crippen LogP contribution in [0.2, 0.25) is 5.02 Å². The first kappa shape index (κ1) is 15.8. The van der Waals surface area contributed by atoms with Crippen molar-refractivity contribution in [3.05, 3.63) is 28.3 Å². The first-order valence-electron chi connectivity index (χ1n) is 7.23. The van der Waals surface area contributed by atoms with Crippen molar-refractivity contribution in [2.45, 2.75) is 26.7 Å². The van der Waals surface area contributed by atoms with E-state index in [-0.39, 0.29) is 5.97 Å². The lowest BCUT2D eigenvalue weighted by atomic mass is 10.1. The van der Waals surface area contributed by atoms with E-state index in [9.17, 15) is 4.79 Å². The molecule has 1 saturated carbocycles. The highest BCUT2D eigenvalue weighted by molar-refractivity contribution is 6.33. The molecular weight excluding hydrogens is 288 g/mol. The molecule has 1 aromatic carbocycles. The fourth-order valence-corrected chi connectivity index (χ4v) is 2.00. The highest BCUT2D eigenvalue weighted by Gasteiger charge is 2.24. The van der Waals surface area contributed by atoms with Gasteiger partial charge in [-0.2, -0.15) is 0 Å². The molecule has 0 spiro atoms. The summed E-state index contributed by atoms with van der Waals surface area (Å²) in [5.41, 5.74) is 2.08. The first-order chi connectivity index (χ1) is 10.0. The molecule has 1 aliphatic carbocycles. The Bertz CT molecular complexity index is 553. The normalized spacial score (nSPS) is 14.5. The summed E-state index contributed by atoms with van der Waals surface area (Å²) >= 11 is 6.19. The van der Waals surface area contributed by atoms with E-state index >= 15 is 0 Å². The van der Waals surface area contributed by atoms with Gasteiger partial charge in [-0.3, -0.25) is 0 Å². The van der Waals surface area contributed by atoms with Crippen LogP contribution in [0.1, 0.15) is 35.7 Å². The molecule has 0 unspecified atom stereocenters. The molecule has 4 nitrogen and oxygen atoms in total. The summed E-state index contributed by atoms with van der Waals surface area (Å²) in [6.45, 7) is 5.33. The van der Waals surface area contributed by atoms with Crippen LogP contribution >= 0.6 is 11.6 Å². The Labute approximate surface area is 130 Å². The predicted octanol–water partition coefficient (Wildman–Crippen LogP) is 3.83. The van der Waals surface area contributed by atoms with E-state index in [1.54, 1.807) is 18.5 Å². The number of hydrogen-bond acceptors (Lipinski definition) is 3. The fraction of sp³-hybridized carbons (Fsp3) is 0.500. The van der Waals surface area contributed by atoms with Crippen LogP contribution in [-0.4, -0.2) is 37.4 Å². The summed E-state index contributed by atoms with van der Waals surface area (Å²) in [5.74, 6) is 0.193. The average molecular weight is 309 g/mol. The highest BCUT2D eigenvalue weighted by atomic mass is 35.5. The number of benzene rings is 1. The molecule has 0 amide bonds. The summed E-state index contributed by atoms with van der Waals surface area (Å²) in [5, 5.41) is 0.382. The molecular formula is C16H21ClN2O2. The minimum absolute atomic E-state index is 0.351. The molecule has 1 fully saturated rings. The van der Waals surface area contributed by atoms with Crippen LogP contribution in [0.25, 0.3) is 0 Å². The molecule has 0 aliphatic heterocycles. The molecule has 0 N–H and O–H groups in total. The number of halogens is 1. The molecule has 0 atom stereocenters. The van der Waals surface area contributed by atoms with Crippen LogP contribution in [0.5, 0.6) is 0 Å². The Morgan fingerprint density at radius 3 is 2.86 bits per heavy atom. The number of carbonyl (C=O) groups is 1. The van der Waals surface area contributed by atoms with E-state index in [0.29, 0.717) is 23.1 Å². The first-order valence-corrected chi connectivity index (χ1v) is 7.60. The van der Waals surface area contributed by atoms with Crippen molar-refractivity contribution in [3.8, 4) is 0 Å². The van der Waals surface area contributed by atoms with Gasteiger partial charge in [0.05, 0.1) is 29.2 Å². The van der Waals surface area contributed by atoms with E-state index in [4.69, 9.17) is 16.3 Å². The van der Waals surface area contributed by atoms with E-state index in [0.717, 1.165) is 30.6 Å². The number of hydrogen-bond donors (Lipinski definition) is 0. The zero-order valence-electron chi connectivity index (χ0n) is 12.7. The Hall–Kier alpha value is -1.55. The third-order valence-electron chi connectivity index (χ3n) is 3.55. The number of aryl methyl sites for hydroxylation is 1. The maximum Gasteiger partial charge on any atom is 0.339 e. The number of nitrogens with zero attached hydrogens (tertiary/aromatic N) is 2. The molecule has 1 aromatic rings. The SMILES string of the molecule is CCN(C)C=Nc1cc(Cl)c(C(=O)OCC2CC2)cc1C. The molecule has 0 bridgehead atoms. The monoisotopic (exact) mass is 308 g/mol. The van der Waals surface area contributed by atoms with Crippen LogP contribution in [0.4, 0.5) is 5.69 Å². The van der Waals surface area contributed by atoms with Crippen molar-refractivity contribution in [2.75, 3.05) is 20.2 Å². The van der Waals surface area contributed by atoms with Crippen LogP contribution in [0.3, 0.4) is 0 Å².